The van der Waals surface area contributed by atoms with Crippen LogP contribution in [0, 0.1) is 6.61 Å². The molecule has 0 aromatic rings. The zero-order valence-electron chi connectivity index (χ0n) is 2.97. The van der Waals surface area contributed by atoms with Gasteiger partial charge in [0, 0.05) is 0 Å². The van der Waals surface area contributed by atoms with Crippen molar-refractivity contribution in [3.63, 3.8) is 0 Å². The molecule has 2 nitrogen and oxygen atoms in total. The summed E-state index contributed by atoms with van der Waals surface area (Å²) >= 11 is 0. The van der Waals surface area contributed by atoms with Crippen LogP contribution in [0.25, 0.3) is 0 Å². The molecule has 0 saturated carbocycles. The molecule has 0 aromatic carbocycles. The van der Waals surface area contributed by atoms with Gasteiger partial charge in [-0.15, -0.1) is 0 Å². The molecule has 0 aliphatic heterocycles. The van der Waals surface area contributed by atoms with Gasteiger partial charge in [0.1, 0.15) is 0 Å². The second-order valence-electron chi connectivity index (χ2n) is 0.805. The highest BCUT2D eigenvalue weighted by Gasteiger charge is 1.86. The number of hydrogen-bond acceptors (Lipinski definition) is 2. The van der Waals surface area contributed by atoms with Crippen molar-refractivity contribution in [2.45, 2.75) is 13.0 Å². The molecule has 0 bridgehead atoms. The monoisotopic (exact) mass is 74.0 g/mol. The van der Waals surface area contributed by atoms with Crippen LogP contribution in [0.5, 0.6) is 0 Å². The van der Waals surface area contributed by atoms with Crippen LogP contribution in [0.15, 0.2) is 0 Å². The molecule has 0 aliphatic carbocycles. The summed E-state index contributed by atoms with van der Waals surface area (Å²) in [5, 5.41) is 15.6. The second-order valence-corrected chi connectivity index (χ2v) is 0.805. The third-order valence-corrected chi connectivity index (χ3v) is 0.187. The molecule has 1 unspecified atom stereocenters. The Hall–Kier alpha value is -0.0800. The summed E-state index contributed by atoms with van der Waals surface area (Å²) in [6, 6.07) is 0. The highest BCUT2D eigenvalue weighted by Crippen LogP contribution is 1.75. The molecule has 30 valence electrons. The minimum absolute atomic E-state index is 0.810. The Morgan fingerprint density at radius 1 is 1.80 bits per heavy atom. The molecule has 5 heavy (non-hydrogen) atoms. The van der Waals surface area contributed by atoms with E-state index in [1.807, 2.05) is 0 Å². The molecular weight excluding hydrogens is 68.0 g/mol. The predicted octanol–water partition coefficient (Wildman–Crippen LogP) is -0.222. The van der Waals surface area contributed by atoms with E-state index in [9.17, 15) is 0 Å². The van der Waals surface area contributed by atoms with Crippen LogP contribution in [-0.2, 0) is 0 Å². The first kappa shape index (κ1) is 4.92. The van der Waals surface area contributed by atoms with Crippen molar-refractivity contribution in [2.24, 2.45) is 0 Å². The SMILES string of the molecule is CC(O)[C]O. The van der Waals surface area contributed by atoms with Gasteiger partial charge in [-0.3, -0.25) is 0 Å². The fraction of sp³-hybridized carbons (Fsp3) is 0.667. The number of aliphatic hydroxyl groups is 2. The summed E-state index contributed by atoms with van der Waals surface area (Å²) in [4.78, 5) is 0. The second kappa shape index (κ2) is 2.18. The normalized spacial score (nSPS) is 15.0. The molecule has 0 saturated heterocycles. The van der Waals surface area contributed by atoms with Gasteiger partial charge in [-0.25, -0.2) is 0 Å². The standard InChI is InChI=1S/C3H6O2/c1-3(5)2-4/h3-5H,1H3. The van der Waals surface area contributed by atoms with E-state index in [1.54, 1.807) is 6.61 Å². The van der Waals surface area contributed by atoms with E-state index >= 15 is 0 Å². The van der Waals surface area contributed by atoms with E-state index < -0.39 is 6.10 Å². The number of aliphatic hydroxyl groups excluding tert-OH is 2. The number of rotatable bonds is 1. The lowest BCUT2D eigenvalue weighted by atomic mass is 10.5. The van der Waals surface area contributed by atoms with Crippen LogP contribution in [0.1, 0.15) is 6.92 Å². The first-order valence-electron chi connectivity index (χ1n) is 1.35. The third-order valence-electron chi connectivity index (χ3n) is 0.187. The Morgan fingerprint density at radius 3 is 2.00 bits per heavy atom. The smallest absolute Gasteiger partial charge is 0.158 e. The van der Waals surface area contributed by atoms with Crippen molar-refractivity contribution in [2.75, 3.05) is 0 Å². The van der Waals surface area contributed by atoms with Crippen LogP contribution >= 0.6 is 0 Å². The molecule has 0 aliphatic rings. The van der Waals surface area contributed by atoms with Gasteiger partial charge in [0.05, 0.1) is 6.10 Å². The maximum atomic E-state index is 8.00. The Kier molecular flexibility index (Phi) is 2.14. The largest absolute Gasteiger partial charge is 0.390 e. The highest BCUT2D eigenvalue weighted by atomic mass is 16.3. The van der Waals surface area contributed by atoms with E-state index in [-0.39, 0.29) is 0 Å². The van der Waals surface area contributed by atoms with Crippen molar-refractivity contribution in [1.82, 2.24) is 0 Å². The lowest BCUT2D eigenvalue weighted by molar-refractivity contribution is 0.161. The van der Waals surface area contributed by atoms with E-state index in [4.69, 9.17) is 10.2 Å². The maximum Gasteiger partial charge on any atom is 0.158 e. The lowest BCUT2D eigenvalue weighted by Gasteiger charge is -1.87. The quantitative estimate of drug-likeness (QED) is 0.451. The van der Waals surface area contributed by atoms with Gasteiger partial charge in [0.25, 0.3) is 0 Å². The van der Waals surface area contributed by atoms with Gasteiger partial charge in [-0.1, -0.05) is 0 Å². The van der Waals surface area contributed by atoms with Crippen molar-refractivity contribution < 1.29 is 10.2 Å². The fourth-order valence-electron chi connectivity index (χ4n) is 0. The minimum Gasteiger partial charge on any atom is -0.390 e. The highest BCUT2D eigenvalue weighted by molar-refractivity contribution is 4.51. The predicted molar refractivity (Wildman–Crippen MR) is 16.9 cm³/mol. The molecule has 2 N–H and O–H groups in total. The summed E-state index contributed by atoms with van der Waals surface area (Å²) < 4.78 is 0. The zero-order valence-corrected chi connectivity index (χ0v) is 2.97. The Bertz CT molecular complexity index is 18.9. The van der Waals surface area contributed by atoms with Crippen molar-refractivity contribution in [3.8, 4) is 0 Å². The van der Waals surface area contributed by atoms with Gasteiger partial charge in [-0.2, -0.15) is 0 Å². The van der Waals surface area contributed by atoms with Gasteiger partial charge < -0.3 is 10.2 Å². The first-order valence-corrected chi connectivity index (χ1v) is 1.35. The van der Waals surface area contributed by atoms with Gasteiger partial charge >= 0.3 is 0 Å². The van der Waals surface area contributed by atoms with Crippen LogP contribution in [-0.4, -0.2) is 16.3 Å². The molecule has 0 amide bonds. The molecule has 1 atom stereocenters. The van der Waals surface area contributed by atoms with Crippen LogP contribution in [0.2, 0.25) is 0 Å². The van der Waals surface area contributed by atoms with Crippen molar-refractivity contribution >= 4 is 0 Å². The molecule has 0 aromatic heterocycles. The van der Waals surface area contributed by atoms with E-state index in [1.165, 1.54) is 6.92 Å². The van der Waals surface area contributed by atoms with Crippen molar-refractivity contribution in [3.05, 3.63) is 6.61 Å². The van der Waals surface area contributed by atoms with Crippen molar-refractivity contribution in [1.29, 1.82) is 0 Å². The minimum atomic E-state index is -0.810. The summed E-state index contributed by atoms with van der Waals surface area (Å²) in [7, 11) is 0. The first-order chi connectivity index (χ1) is 2.27. The van der Waals surface area contributed by atoms with Crippen LogP contribution in [0.3, 0.4) is 0 Å². The molecular formula is C3H6O2. The van der Waals surface area contributed by atoms with E-state index in [2.05, 4.69) is 0 Å². The molecule has 2 heteroatoms. The van der Waals surface area contributed by atoms with Gasteiger partial charge in [0.15, 0.2) is 6.61 Å². The summed E-state index contributed by atoms with van der Waals surface area (Å²) in [6.45, 7) is 3.00. The van der Waals surface area contributed by atoms with Gasteiger partial charge in [0.2, 0.25) is 0 Å². The molecule has 2 radical (unpaired) electrons. The van der Waals surface area contributed by atoms with Crippen LogP contribution in [0.4, 0.5) is 0 Å². The molecule has 0 fully saturated rings. The van der Waals surface area contributed by atoms with Gasteiger partial charge in [-0.05, 0) is 6.92 Å². The summed E-state index contributed by atoms with van der Waals surface area (Å²) in [5.74, 6) is 0. The molecule has 0 spiro atoms. The van der Waals surface area contributed by atoms with E-state index in [0.717, 1.165) is 0 Å². The Balaban J connectivity index is 2.54. The Morgan fingerprint density at radius 2 is 2.00 bits per heavy atom. The summed E-state index contributed by atoms with van der Waals surface area (Å²) in [6.07, 6.45) is -0.810. The number of hydrogen-bond donors (Lipinski definition) is 2. The topological polar surface area (TPSA) is 40.5 Å². The molecule has 0 heterocycles. The third kappa shape index (κ3) is 3.92. The molecule has 0 rings (SSSR count). The fourth-order valence-corrected chi connectivity index (χ4v) is 0. The average Bonchev–Trinajstić information content (AvgIpc) is 1.38. The average molecular weight is 74.1 g/mol. The summed E-state index contributed by atoms with van der Waals surface area (Å²) in [5.41, 5.74) is 0. The van der Waals surface area contributed by atoms with Crippen LogP contribution < -0.4 is 0 Å². The lowest BCUT2D eigenvalue weighted by Crippen LogP contribution is -1.96. The maximum absolute atomic E-state index is 8.00. The zero-order chi connectivity index (χ0) is 4.28. The van der Waals surface area contributed by atoms with E-state index in [0.29, 0.717) is 0 Å². The Labute approximate surface area is 31.1 Å².